The number of nitrogens with zero attached hydrogens (tertiary/aromatic N) is 2. The number of carbonyl (C=O) groups excluding carboxylic acids is 1. The molecular formula is C10H13N3O2. The van der Waals surface area contributed by atoms with Gasteiger partial charge in [0.2, 0.25) is 0 Å². The van der Waals surface area contributed by atoms with E-state index in [1.165, 1.54) is 11.8 Å². The molecule has 80 valence electrons. The van der Waals surface area contributed by atoms with Crippen LogP contribution in [0, 0.1) is 11.8 Å². The number of ether oxygens (including phenoxy) is 1. The molecule has 0 bridgehead atoms. The van der Waals surface area contributed by atoms with E-state index in [9.17, 15) is 4.79 Å². The van der Waals surface area contributed by atoms with Crippen molar-refractivity contribution >= 4 is 5.97 Å². The van der Waals surface area contributed by atoms with E-state index in [0.29, 0.717) is 17.8 Å². The van der Waals surface area contributed by atoms with Gasteiger partial charge in [-0.25, -0.2) is 4.79 Å². The highest BCUT2D eigenvalue weighted by atomic mass is 16.5. The van der Waals surface area contributed by atoms with E-state index in [4.69, 9.17) is 0 Å². The average molecular weight is 207 g/mol. The summed E-state index contributed by atoms with van der Waals surface area (Å²) in [5.41, 5.74) is 0.959. The van der Waals surface area contributed by atoms with E-state index >= 15 is 0 Å². The molecule has 0 amide bonds. The van der Waals surface area contributed by atoms with Crippen LogP contribution in [-0.4, -0.2) is 36.5 Å². The third kappa shape index (κ3) is 2.58. The lowest BCUT2D eigenvalue weighted by Crippen LogP contribution is -2.10. The van der Waals surface area contributed by atoms with Crippen LogP contribution in [0.3, 0.4) is 0 Å². The topological polar surface area (TPSA) is 56.2 Å². The van der Waals surface area contributed by atoms with Crippen molar-refractivity contribution in [1.29, 1.82) is 0 Å². The summed E-state index contributed by atoms with van der Waals surface area (Å²) in [6.45, 7) is 0.565. The van der Waals surface area contributed by atoms with E-state index in [0.717, 1.165) is 0 Å². The number of aromatic nitrogens is 2. The van der Waals surface area contributed by atoms with Crippen LogP contribution < -0.4 is 5.32 Å². The van der Waals surface area contributed by atoms with Crippen LogP contribution in [0.1, 0.15) is 16.1 Å². The van der Waals surface area contributed by atoms with Gasteiger partial charge in [-0.05, 0) is 7.05 Å². The van der Waals surface area contributed by atoms with E-state index < -0.39 is 5.97 Å². The molecule has 0 aliphatic rings. The largest absolute Gasteiger partial charge is 0.464 e. The predicted octanol–water partition coefficient (Wildman–Crippen LogP) is -0.222. The van der Waals surface area contributed by atoms with Crippen molar-refractivity contribution in [3.8, 4) is 11.8 Å². The summed E-state index contributed by atoms with van der Waals surface area (Å²) < 4.78 is 6.09. The van der Waals surface area contributed by atoms with E-state index in [-0.39, 0.29) is 0 Å². The first-order valence-electron chi connectivity index (χ1n) is 4.44. The van der Waals surface area contributed by atoms with Crippen LogP contribution in [0.25, 0.3) is 0 Å². The molecule has 0 saturated heterocycles. The highest BCUT2D eigenvalue weighted by Crippen LogP contribution is 2.06. The van der Waals surface area contributed by atoms with Gasteiger partial charge < -0.3 is 10.1 Å². The highest BCUT2D eigenvalue weighted by molar-refractivity contribution is 5.90. The maximum atomic E-state index is 11.4. The average Bonchev–Trinajstić information content (AvgIpc) is 2.59. The normalized spacial score (nSPS) is 9.27. The summed E-state index contributed by atoms with van der Waals surface area (Å²) >= 11 is 0. The zero-order chi connectivity index (χ0) is 11.3. The zero-order valence-corrected chi connectivity index (χ0v) is 9.00. The molecule has 0 spiro atoms. The summed E-state index contributed by atoms with van der Waals surface area (Å²) in [7, 11) is 4.81. The number of methoxy groups -OCH3 is 1. The Kier molecular flexibility index (Phi) is 3.89. The van der Waals surface area contributed by atoms with Crippen molar-refractivity contribution in [2.24, 2.45) is 7.05 Å². The Morgan fingerprint density at radius 2 is 2.47 bits per heavy atom. The Morgan fingerprint density at radius 3 is 3.07 bits per heavy atom. The van der Waals surface area contributed by atoms with Gasteiger partial charge in [0.05, 0.1) is 25.4 Å². The molecule has 1 aromatic heterocycles. The Labute approximate surface area is 88.4 Å². The minimum atomic E-state index is -0.427. The van der Waals surface area contributed by atoms with Crippen molar-refractivity contribution in [2.75, 3.05) is 20.7 Å². The standard InChI is InChI=1S/C10H13N3O2/c1-11-6-4-5-8-7-12-13(2)9(8)10(14)15-3/h7,11H,6H2,1-3H3. The number of rotatable bonds is 2. The van der Waals surface area contributed by atoms with Gasteiger partial charge in [0.25, 0.3) is 0 Å². The number of esters is 1. The summed E-state index contributed by atoms with van der Waals surface area (Å²) in [5, 5.41) is 6.85. The van der Waals surface area contributed by atoms with Crippen molar-refractivity contribution in [3.63, 3.8) is 0 Å². The van der Waals surface area contributed by atoms with Gasteiger partial charge in [-0.15, -0.1) is 0 Å². The molecule has 5 heteroatoms. The maximum Gasteiger partial charge on any atom is 0.357 e. The Morgan fingerprint density at radius 1 is 1.73 bits per heavy atom. The molecule has 0 aliphatic carbocycles. The summed E-state index contributed by atoms with van der Waals surface area (Å²) in [4.78, 5) is 11.4. The molecule has 0 aromatic carbocycles. The molecule has 0 fully saturated rings. The quantitative estimate of drug-likeness (QED) is 0.538. The molecule has 0 unspecified atom stereocenters. The third-order valence-electron chi connectivity index (χ3n) is 1.81. The van der Waals surface area contributed by atoms with Gasteiger partial charge in [0.15, 0.2) is 5.69 Å². The first-order chi connectivity index (χ1) is 7.20. The van der Waals surface area contributed by atoms with Crippen LogP contribution >= 0.6 is 0 Å². The van der Waals surface area contributed by atoms with Gasteiger partial charge in [0, 0.05) is 7.05 Å². The van der Waals surface area contributed by atoms with Gasteiger partial charge in [0.1, 0.15) is 0 Å². The van der Waals surface area contributed by atoms with Crippen LogP contribution in [0.2, 0.25) is 0 Å². The Hall–Kier alpha value is -1.80. The Balaban J connectivity index is 3.00. The predicted molar refractivity (Wildman–Crippen MR) is 55.4 cm³/mol. The minimum Gasteiger partial charge on any atom is -0.464 e. The molecule has 0 saturated carbocycles. The van der Waals surface area contributed by atoms with E-state index in [1.54, 1.807) is 20.3 Å². The second-order valence-electron chi connectivity index (χ2n) is 2.85. The van der Waals surface area contributed by atoms with Crippen molar-refractivity contribution in [1.82, 2.24) is 15.1 Å². The molecule has 0 radical (unpaired) electrons. The number of nitrogens with one attached hydrogen (secondary N) is 1. The van der Waals surface area contributed by atoms with Crippen LogP contribution in [0.15, 0.2) is 6.20 Å². The third-order valence-corrected chi connectivity index (χ3v) is 1.81. The number of carbonyl (C=O) groups is 1. The first-order valence-corrected chi connectivity index (χ1v) is 4.44. The molecule has 0 aliphatic heterocycles. The van der Waals surface area contributed by atoms with Crippen molar-refractivity contribution < 1.29 is 9.53 Å². The van der Waals surface area contributed by atoms with Crippen LogP contribution in [-0.2, 0) is 11.8 Å². The van der Waals surface area contributed by atoms with Crippen LogP contribution in [0.5, 0.6) is 0 Å². The van der Waals surface area contributed by atoms with Crippen molar-refractivity contribution in [3.05, 3.63) is 17.5 Å². The number of aryl methyl sites for hydroxylation is 1. The molecule has 15 heavy (non-hydrogen) atoms. The summed E-state index contributed by atoms with van der Waals surface area (Å²) in [5.74, 6) is 5.29. The molecule has 5 nitrogen and oxygen atoms in total. The lowest BCUT2D eigenvalue weighted by molar-refractivity contribution is 0.0588. The monoisotopic (exact) mass is 207 g/mol. The molecule has 1 aromatic rings. The summed E-state index contributed by atoms with van der Waals surface area (Å²) in [6.07, 6.45) is 1.55. The zero-order valence-electron chi connectivity index (χ0n) is 9.00. The molecule has 1 heterocycles. The van der Waals surface area contributed by atoms with Gasteiger partial charge in [-0.1, -0.05) is 11.8 Å². The fourth-order valence-corrected chi connectivity index (χ4v) is 1.10. The van der Waals surface area contributed by atoms with Crippen LogP contribution in [0.4, 0.5) is 0 Å². The highest BCUT2D eigenvalue weighted by Gasteiger charge is 2.15. The number of hydrogen-bond acceptors (Lipinski definition) is 4. The molecule has 1 N–H and O–H groups in total. The smallest absolute Gasteiger partial charge is 0.357 e. The first kappa shape index (κ1) is 11.3. The second kappa shape index (κ2) is 5.17. The molecular weight excluding hydrogens is 194 g/mol. The second-order valence-corrected chi connectivity index (χ2v) is 2.85. The van der Waals surface area contributed by atoms with Gasteiger partial charge >= 0.3 is 5.97 Å². The van der Waals surface area contributed by atoms with E-state index in [1.807, 2.05) is 0 Å². The molecule has 1 rings (SSSR count). The number of hydrogen-bond donors (Lipinski definition) is 1. The minimum absolute atomic E-state index is 0.376. The van der Waals surface area contributed by atoms with E-state index in [2.05, 4.69) is 27.0 Å². The Bertz CT molecular complexity index is 412. The van der Waals surface area contributed by atoms with Crippen molar-refractivity contribution in [2.45, 2.75) is 0 Å². The van der Waals surface area contributed by atoms with Gasteiger partial charge in [-0.2, -0.15) is 5.10 Å². The SMILES string of the molecule is CNCC#Cc1cnn(C)c1C(=O)OC. The summed E-state index contributed by atoms with van der Waals surface area (Å²) in [6, 6.07) is 0. The molecule has 0 atom stereocenters. The lowest BCUT2D eigenvalue weighted by Gasteiger charge is -1.99. The fourth-order valence-electron chi connectivity index (χ4n) is 1.10. The fraction of sp³-hybridized carbons (Fsp3) is 0.400. The van der Waals surface area contributed by atoms with Gasteiger partial charge in [-0.3, -0.25) is 4.68 Å². The lowest BCUT2D eigenvalue weighted by atomic mass is 10.2. The maximum absolute atomic E-state index is 11.4.